The number of phenols is 1. The summed E-state index contributed by atoms with van der Waals surface area (Å²) in [6, 6.07) is 12.7. The molecule has 0 saturated heterocycles. The third kappa shape index (κ3) is 3.18. The molecule has 2 aromatic rings. The van der Waals surface area contributed by atoms with Crippen LogP contribution >= 0.6 is 0 Å². The predicted molar refractivity (Wildman–Crippen MR) is 77.1 cm³/mol. The van der Waals surface area contributed by atoms with Gasteiger partial charge in [-0.15, -0.1) is 0 Å². The number of ether oxygens (including phenoxy) is 1. The second-order valence-electron chi connectivity index (χ2n) is 4.08. The number of carbonyl (C=O) groups is 1. The zero-order valence-electron chi connectivity index (χ0n) is 11.1. The van der Waals surface area contributed by atoms with E-state index in [-0.39, 0.29) is 17.1 Å². The lowest BCUT2D eigenvalue weighted by Gasteiger charge is -2.07. The van der Waals surface area contributed by atoms with Crippen molar-refractivity contribution in [2.45, 2.75) is 6.92 Å². The normalized spacial score (nSPS) is 9.45. The number of aromatic hydroxyl groups is 1. The van der Waals surface area contributed by atoms with Crippen molar-refractivity contribution >= 4 is 6.29 Å². The van der Waals surface area contributed by atoms with Gasteiger partial charge in [-0.2, -0.15) is 0 Å². The molecule has 0 aliphatic carbocycles. The Bertz CT molecular complexity index is 664. The fraction of sp³-hybridized carbons (Fsp3) is 0.118. The third-order valence-electron chi connectivity index (χ3n) is 2.66. The molecule has 20 heavy (non-hydrogen) atoms. The molecule has 1 N–H and O–H groups in total. The summed E-state index contributed by atoms with van der Waals surface area (Å²) in [7, 11) is 0. The zero-order chi connectivity index (χ0) is 14.4. The highest BCUT2D eigenvalue weighted by Crippen LogP contribution is 2.30. The van der Waals surface area contributed by atoms with Crippen LogP contribution in [0.1, 0.15) is 28.4 Å². The molecule has 3 heteroatoms. The van der Waals surface area contributed by atoms with Crippen LogP contribution in [0.5, 0.6) is 11.5 Å². The van der Waals surface area contributed by atoms with Crippen LogP contribution in [0.4, 0.5) is 0 Å². The summed E-state index contributed by atoms with van der Waals surface area (Å²) >= 11 is 0. The van der Waals surface area contributed by atoms with Crippen molar-refractivity contribution in [3.05, 3.63) is 59.2 Å². The highest BCUT2D eigenvalue weighted by atomic mass is 16.5. The van der Waals surface area contributed by atoms with Gasteiger partial charge in [-0.05, 0) is 31.2 Å². The topological polar surface area (TPSA) is 46.5 Å². The molecule has 2 rings (SSSR count). The lowest BCUT2D eigenvalue weighted by molar-refractivity contribution is 0.112. The van der Waals surface area contributed by atoms with Crippen LogP contribution in [0.25, 0.3) is 0 Å². The van der Waals surface area contributed by atoms with E-state index in [4.69, 9.17) is 4.74 Å². The van der Waals surface area contributed by atoms with Crippen molar-refractivity contribution in [1.29, 1.82) is 0 Å². The molecule has 0 aliphatic heterocycles. The van der Waals surface area contributed by atoms with Gasteiger partial charge in [-0.1, -0.05) is 30.0 Å². The molecule has 3 nitrogen and oxygen atoms in total. The van der Waals surface area contributed by atoms with Crippen molar-refractivity contribution in [3.63, 3.8) is 0 Å². The SMILES string of the molecule is CCOc1cc(C#Cc2ccccc2)cc(C=O)c1O. The quantitative estimate of drug-likeness (QED) is 0.686. The second-order valence-corrected chi connectivity index (χ2v) is 4.08. The molecule has 0 bridgehead atoms. The molecule has 0 fully saturated rings. The van der Waals surface area contributed by atoms with E-state index in [0.717, 1.165) is 5.56 Å². The van der Waals surface area contributed by atoms with Crippen molar-refractivity contribution in [2.75, 3.05) is 6.61 Å². The summed E-state index contributed by atoms with van der Waals surface area (Å²) in [5.41, 5.74) is 1.68. The Kier molecular flexibility index (Phi) is 4.41. The van der Waals surface area contributed by atoms with Crippen LogP contribution in [-0.2, 0) is 0 Å². The molecule has 0 aliphatic rings. The smallest absolute Gasteiger partial charge is 0.168 e. The van der Waals surface area contributed by atoms with E-state index in [2.05, 4.69) is 11.8 Å². The van der Waals surface area contributed by atoms with E-state index in [1.54, 1.807) is 12.1 Å². The average molecular weight is 266 g/mol. The molecule has 0 atom stereocenters. The Balaban J connectivity index is 2.40. The number of rotatable bonds is 3. The first-order valence-corrected chi connectivity index (χ1v) is 6.26. The number of carbonyl (C=O) groups excluding carboxylic acids is 1. The molecule has 0 heterocycles. The van der Waals surface area contributed by atoms with E-state index in [1.807, 2.05) is 37.3 Å². The highest BCUT2D eigenvalue weighted by Gasteiger charge is 2.09. The van der Waals surface area contributed by atoms with Gasteiger partial charge in [0.1, 0.15) is 0 Å². The summed E-state index contributed by atoms with van der Waals surface area (Å²) in [6.45, 7) is 2.21. The second kappa shape index (κ2) is 6.44. The Morgan fingerprint density at radius 1 is 1.15 bits per heavy atom. The van der Waals surface area contributed by atoms with Crippen molar-refractivity contribution in [1.82, 2.24) is 0 Å². The lowest BCUT2D eigenvalue weighted by atomic mass is 10.1. The first-order valence-electron chi connectivity index (χ1n) is 6.26. The van der Waals surface area contributed by atoms with Gasteiger partial charge in [-0.3, -0.25) is 4.79 Å². The Hall–Kier alpha value is -2.73. The molecular formula is C17H14O3. The van der Waals surface area contributed by atoms with Crippen molar-refractivity contribution < 1.29 is 14.6 Å². The molecule has 0 aromatic heterocycles. The number of aldehydes is 1. The fourth-order valence-corrected chi connectivity index (χ4v) is 1.72. The Morgan fingerprint density at radius 3 is 2.50 bits per heavy atom. The van der Waals surface area contributed by atoms with Crippen LogP contribution in [0.3, 0.4) is 0 Å². The maximum absolute atomic E-state index is 10.9. The van der Waals surface area contributed by atoms with Crippen LogP contribution in [0, 0.1) is 11.8 Å². The summed E-state index contributed by atoms with van der Waals surface area (Å²) in [5.74, 6) is 6.09. The standard InChI is InChI=1S/C17H14O3/c1-2-20-16-11-14(10-15(12-18)17(16)19)9-8-13-6-4-3-5-7-13/h3-7,10-12,19H,2H2,1H3. The summed E-state index contributed by atoms with van der Waals surface area (Å²) < 4.78 is 5.30. The summed E-state index contributed by atoms with van der Waals surface area (Å²) in [4.78, 5) is 10.9. The highest BCUT2D eigenvalue weighted by molar-refractivity contribution is 5.82. The van der Waals surface area contributed by atoms with Gasteiger partial charge in [-0.25, -0.2) is 0 Å². The van der Waals surface area contributed by atoms with Gasteiger partial charge < -0.3 is 9.84 Å². The number of hydrogen-bond donors (Lipinski definition) is 1. The lowest BCUT2D eigenvalue weighted by Crippen LogP contribution is -1.95. The van der Waals surface area contributed by atoms with Crippen LogP contribution in [0.2, 0.25) is 0 Å². The van der Waals surface area contributed by atoms with E-state index in [9.17, 15) is 9.90 Å². The number of benzene rings is 2. The molecular weight excluding hydrogens is 252 g/mol. The van der Waals surface area contributed by atoms with Gasteiger partial charge in [0.15, 0.2) is 17.8 Å². The Morgan fingerprint density at radius 2 is 1.85 bits per heavy atom. The Labute approximate surface area is 117 Å². The molecule has 2 aromatic carbocycles. The molecule has 0 radical (unpaired) electrons. The van der Waals surface area contributed by atoms with E-state index in [1.165, 1.54) is 0 Å². The maximum Gasteiger partial charge on any atom is 0.168 e. The minimum absolute atomic E-state index is 0.146. The predicted octanol–water partition coefficient (Wildman–Crippen LogP) is 3.00. The van der Waals surface area contributed by atoms with Crippen molar-refractivity contribution in [3.8, 4) is 23.3 Å². The van der Waals surface area contributed by atoms with Gasteiger partial charge in [0.05, 0.1) is 12.2 Å². The van der Waals surface area contributed by atoms with Gasteiger partial charge in [0.2, 0.25) is 0 Å². The summed E-state index contributed by atoms with van der Waals surface area (Å²) in [6.07, 6.45) is 0.589. The number of hydrogen-bond acceptors (Lipinski definition) is 3. The van der Waals surface area contributed by atoms with E-state index >= 15 is 0 Å². The monoisotopic (exact) mass is 266 g/mol. The molecule has 100 valence electrons. The van der Waals surface area contributed by atoms with Gasteiger partial charge in [0.25, 0.3) is 0 Å². The number of phenolic OH excluding ortho intramolecular Hbond substituents is 1. The van der Waals surface area contributed by atoms with Gasteiger partial charge >= 0.3 is 0 Å². The van der Waals surface area contributed by atoms with Crippen LogP contribution in [0.15, 0.2) is 42.5 Å². The van der Waals surface area contributed by atoms with Crippen LogP contribution < -0.4 is 4.74 Å². The fourth-order valence-electron chi connectivity index (χ4n) is 1.72. The minimum atomic E-state index is -0.146. The third-order valence-corrected chi connectivity index (χ3v) is 2.66. The summed E-state index contributed by atoms with van der Waals surface area (Å²) in [5, 5.41) is 9.83. The molecule has 0 spiro atoms. The van der Waals surface area contributed by atoms with E-state index in [0.29, 0.717) is 18.5 Å². The largest absolute Gasteiger partial charge is 0.504 e. The van der Waals surface area contributed by atoms with Crippen molar-refractivity contribution in [2.24, 2.45) is 0 Å². The van der Waals surface area contributed by atoms with Gasteiger partial charge in [0, 0.05) is 11.1 Å². The molecule has 0 unspecified atom stereocenters. The minimum Gasteiger partial charge on any atom is -0.504 e. The maximum atomic E-state index is 10.9. The first kappa shape index (κ1) is 13.7. The average Bonchev–Trinajstić information content (AvgIpc) is 2.49. The molecule has 0 saturated carbocycles. The zero-order valence-corrected chi connectivity index (χ0v) is 11.1. The molecule has 0 amide bonds. The van der Waals surface area contributed by atoms with E-state index < -0.39 is 0 Å². The van der Waals surface area contributed by atoms with Crippen LogP contribution in [-0.4, -0.2) is 18.0 Å². The first-order chi connectivity index (χ1) is 9.74.